The van der Waals surface area contributed by atoms with Crippen molar-refractivity contribution in [2.45, 2.75) is 12.8 Å². The molecule has 0 saturated heterocycles. The van der Waals surface area contributed by atoms with Gasteiger partial charge in [0.05, 0.1) is 6.26 Å². The Hall–Kier alpha value is -1.94. The van der Waals surface area contributed by atoms with E-state index >= 15 is 0 Å². The molecular formula is C14H12O. The second kappa shape index (κ2) is 5.07. The number of hydrogen-bond donors (Lipinski definition) is 0. The molecule has 0 unspecified atom stereocenters. The van der Waals surface area contributed by atoms with Crippen molar-refractivity contribution in [3.05, 3.63) is 60.1 Å². The zero-order chi connectivity index (χ0) is 10.3. The van der Waals surface area contributed by atoms with Crippen molar-refractivity contribution >= 4 is 0 Å². The molecule has 74 valence electrons. The van der Waals surface area contributed by atoms with Gasteiger partial charge in [-0.05, 0) is 30.0 Å². The van der Waals surface area contributed by atoms with Crippen molar-refractivity contribution in [2.75, 3.05) is 0 Å². The van der Waals surface area contributed by atoms with Crippen LogP contribution >= 0.6 is 0 Å². The van der Waals surface area contributed by atoms with Gasteiger partial charge in [-0.1, -0.05) is 36.3 Å². The smallest absolute Gasteiger partial charge is 0.176 e. The Bertz CT molecular complexity index is 443. The van der Waals surface area contributed by atoms with Gasteiger partial charge >= 0.3 is 0 Å². The van der Waals surface area contributed by atoms with Crippen molar-refractivity contribution in [2.24, 2.45) is 0 Å². The first-order chi connectivity index (χ1) is 7.45. The van der Waals surface area contributed by atoms with E-state index in [1.807, 2.05) is 18.2 Å². The Kier molecular flexibility index (Phi) is 3.25. The first kappa shape index (κ1) is 9.61. The number of rotatable bonds is 2. The maximum absolute atomic E-state index is 5.11. The molecule has 1 aromatic carbocycles. The van der Waals surface area contributed by atoms with E-state index < -0.39 is 0 Å². The maximum atomic E-state index is 5.11. The van der Waals surface area contributed by atoms with Crippen molar-refractivity contribution in [1.82, 2.24) is 0 Å². The van der Waals surface area contributed by atoms with Crippen LogP contribution in [0.2, 0.25) is 0 Å². The standard InChI is InChI=1S/C14H12O/c1-2-7-13(8-3-1)9-4-5-10-14-11-6-12-15-14/h1-3,6-8,11-12H,4,9H2. The van der Waals surface area contributed by atoms with E-state index in [4.69, 9.17) is 4.42 Å². The fourth-order valence-corrected chi connectivity index (χ4v) is 1.35. The highest BCUT2D eigenvalue weighted by Crippen LogP contribution is 2.02. The van der Waals surface area contributed by atoms with Gasteiger partial charge in [0.25, 0.3) is 0 Å². The molecule has 2 rings (SSSR count). The Morgan fingerprint density at radius 2 is 1.87 bits per heavy atom. The Morgan fingerprint density at radius 1 is 1.00 bits per heavy atom. The third kappa shape index (κ3) is 3.03. The fourth-order valence-electron chi connectivity index (χ4n) is 1.35. The van der Waals surface area contributed by atoms with Crippen LogP contribution in [0.3, 0.4) is 0 Å². The second-order valence-corrected chi connectivity index (χ2v) is 3.26. The highest BCUT2D eigenvalue weighted by molar-refractivity contribution is 5.25. The molecule has 0 radical (unpaired) electrons. The molecule has 0 bridgehead atoms. The lowest BCUT2D eigenvalue weighted by Crippen LogP contribution is -1.81. The zero-order valence-electron chi connectivity index (χ0n) is 8.44. The van der Waals surface area contributed by atoms with Gasteiger partial charge in [0.15, 0.2) is 5.76 Å². The summed E-state index contributed by atoms with van der Waals surface area (Å²) in [6.07, 6.45) is 3.50. The average Bonchev–Trinajstić information content (AvgIpc) is 2.79. The molecular weight excluding hydrogens is 184 g/mol. The molecule has 0 amide bonds. The average molecular weight is 196 g/mol. The largest absolute Gasteiger partial charge is 0.456 e. The lowest BCUT2D eigenvalue weighted by molar-refractivity contribution is 0.554. The lowest BCUT2D eigenvalue weighted by Gasteiger charge is -1.94. The predicted octanol–water partition coefficient (Wildman–Crippen LogP) is 3.26. The lowest BCUT2D eigenvalue weighted by atomic mass is 10.1. The van der Waals surface area contributed by atoms with E-state index in [1.54, 1.807) is 6.26 Å². The highest BCUT2D eigenvalue weighted by atomic mass is 16.3. The molecule has 0 aliphatic rings. The third-order valence-electron chi connectivity index (χ3n) is 2.11. The minimum absolute atomic E-state index is 0.739. The minimum Gasteiger partial charge on any atom is -0.456 e. The summed E-state index contributed by atoms with van der Waals surface area (Å²) in [4.78, 5) is 0. The van der Waals surface area contributed by atoms with Crippen LogP contribution < -0.4 is 0 Å². The molecule has 0 fully saturated rings. The minimum atomic E-state index is 0.739. The molecule has 0 aliphatic carbocycles. The molecule has 0 atom stereocenters. The molecule has 2 aromatic rings. The van der Waals surface area contributed by atoms with Gasteiger partial charge in [-0.15, -0.1) is 0 Å². The summed E-state index contributed by atoms with van der Waals surface area (Å²) in [5, 5.41) is 0. The summed E-state index contributed by atoms with van der Waals surface area (Å²) < 4.78 is 5.11. The van der Waals surface area contributed by atoms with Crippen molar-refractivity contribution in [3.8, 4) is 11.8 Å². The highest BCUT2D eigenvalue weighted by Gasteiger charge is 1.89. The number of hydrogen-bond acceptors (Lipinski definition) is 1. The van der Waals surface area contributed by atoms with Gasteiger partial charge in [0.1, 0.15) is 0 Å². The molecule has 0 spiro atoms. The number of furan rings is 1. The Morgan fingerprint density at radius 3 is 2.60 bits per heavy atom. The summed E-state index contributed by atoms with van der Waals surface area (Å²) in [7, 11) is 0. The Labute approximate surface area is 89.7 Å². The van der Waals surface area contributed by atoms with Crippen LogP contribution in [0.4, 0.5) is 0 Å². The van der Waals surface area contributed by atoms with Gasteiger partial charge in [-0.25, -0.2) is 0 Å². The van der Waals surface area contributed by atoms with Crippen molar-refractivity contribution in [3.63, 3.8) is 0 Å². The van der Waals surface area contributed by atoms with Crippen LogP contribution in [0.1, 0.15) is 17.7 Å². The molecule has 1 heterocycles. The first-order valence-electron chi connectivity index (χ1n) is 5.01. The van der Waals surface area contributed by atoms with E-state index in [-0.39, 0.29) is 0 Å². The normalized spacial score (nSPS) is 9.33. The first-order valence-corrected chi connectivity index (χ1v) is 5.01. The topological polar surface area (TPSA) is 13.1 Å². The molecule has 0 aliphatic heterocycles. The molecule has 0 N–H and O–H groups in total. The summed E-state index contributed by atoms with van der Waals surface area (Å²) in [6, 6.07) is 14.1. The third-order valence-corrected chi connectivity index (χ3v) is 2.11. The van der Waals surface area contributed by atoms with Gasteiger partial charge in [-0.3, -0.25) is 0 Å². The van der Waals surface area contributed by atoms with Crippen molar-refractivity contribution in [1.29, 1.82) is 0 Å². The van der Waals surface area contributed by atoms with E-state index in [0.717, 1.165) is 18.6 Å². The molecule has 1 heteroatoms. The van der Waals surface area contributed by atoms with Crippen LogP contribution in [0, 0.1) is 11.8 Å². The maximum Gasteiger partial charge on any atom is 0.176 e. The SMILES string of the molecule is C(#Cc1ccco1)CCc1ccccc1. The molecule has 15 heavy (non-hydrogen) atoms. The zero-order valence-corrected chi connectivity index (χ0v) is 8.44. The van der Waals surface area contributed by atoms with Gasteiger partial charge in [0.2, 0.25) is 0 Å². The van der Waals surface area contributed by atoms with Crippen molar-refractivity contribution < 1.29 is 4.42 Å². The van der Waals surface area contributed by atoms with E-state index in [9.17, 15) is 0 Å². The summed E-state index contributed by atoms with van der Waals surface area (Å²) >= 11 is 0. The quantitative estimate of drug-likeness (QED) is 0.672. The Balaban J connectivity index is 1.85. The van der Waals surface area contributed by atoms with E-state index in [1.165, 1.54) is 5.56 Å². The monoisotopic (exact) mass is 196 g/mol. The van der Waals surface area contributed by atoms with E-state index in [2.05, 4.69) is 36.1 Å². The predicted molar refractivity (Wildman–Crippen MR) is 60.3 cm³/mol. The second-order valence-electron chi connectivity index (χ2n) is 3.26. The summed E-state index contributed by atoms with van der Waals surface area (Å²) in [5.74, 6) is 6.81. The van der Waals surface area contributed by atoms with Crippen LogP contribution in [0.5, 0.6) is 0 Å². The molecule has 1 aromatic heterocycles. The molecule has 1 nitrogen and oxygen atoms in total. The van der Waals surface area contributed by atoms with Crippen LogP contribution in [-0.4, -0.2) is 0 Å². The summed E-state index contributed by atoms with van der Waals surface area (Å²) in [6.45, 7) is 0. The van der Waals surface area contributed by atoms with Gasteiger partial charge < -0.3 is 4.42 Å². The van der Waals surface area contributed by atoms with Crippen LogP contribution in [0.25, 0.3) is 0 Å². The van der Waals surface area contributed by atoms with Gasteiger partial charge in [0, 0.05) is 6.42 Å². The number of aryl methyl sites for hydroxylation is 1. The van der Waals surface area contributed by atoms with Crippen LogP contribution in [0.15, 0.2) is 53.1 Å². The number of benzene rings is 1. The fraction of sp³-hybridized carbons (Fsp3) is 0.143. The van der Waals surface area contributed by atoms with Crippen LogP contribution in [-0.2, 0) is 6.42 Å². The summed E-state index contributed by atoms with van der Waals surface area (Å²) in [5.41, 5.74) is 1.33. The molecule has 0 saturated carbocycles. The van der Waals surface area contributed by atoms with Gasteiger partial charge in [-0.2, -0.15) is 0 Å². The van der Waals surface area contributed by atoms with E-state index in [0.29, 0.717) is 0 Å².